The van der Waals surface area contributed by atoms with Gasteiger partial charge in [0.1, 0.15) is 12.1 Å². The fraction of sp³-hybridized carbons (Fsp3) is 0.810. The first-order valence-electron chi connectivity index (χ1n) is 11.6. The van der Waals surface area contributed by atoms with E-state index in [0.29, 0.717) is 51.1 Å². The van der Waals surface area contributed by atoms with Gasteiger partial charge >= 0.3 is 5.97 Å². The Kier molecular flexibility index (Phi) is 13.3. The van der Waals surface area contributed by atoms with Gasteiger partial charge in [0.25, 0.3) is 0 Å². The lowest BCUT2D eigenvalue weighted by Gasteiger charge is -2.28. The number of guanidine groups is 1. The fourth-order valence-corrected chi connectivity index (χ4v) is 3.94. The lowest BCUT2D eigenvalue weighted by Crippen LogP contribution is -2.55. The number of nitrogens with zero attached hydrogens (tertiary/aromatic N) is 1. The summed E-state index contributed by atoms with van der Waals surface area (Å²) in [5.41, 5.74) is 22.0. The first-order valence-corrected chi connectivity index (χ1v) is 11.6. The van der Waals surface area contributed by atoms with E-state index in [4.69, 9.17) is 22.9 Å². The van der Waals surface area contributed by atoms with E-state index in [1.54, 1.807) is 0 Å². The Morgan fingerprint density at radius 3 is 2.19 bits per heavy atom. The molecule has 0 saturated heterocycles. The number of carboxylic acid groups (broad SMARTS) is 1. The minimum absolute atomic E-state index is 0.0216. The second-order valence-electron chi connectivity index (χ2n) is 8.54. The van der Waals surface area contributed by atoms with Crippen molar-refractivity contribution in [3.8, 4) is 0 Å². The predicted octanol–water partition coefficient (Wildman–Crippen LogP) is -0.479. The van der Waals surface area contributed by atoms with E-state index in [0.717, 1.165) is 25.7 Å². The standard InChI is InChI=1S/C21H41N7O4/c22-11-5-4-10-16(20(31)32)27-19(30)17(13-14-7-2-1-3-8-14)28-18(29)15(23)9-6-12-26-21(24)25/h14-17H,1-13,22-23H2,(H,27,30)(H,28,29)(H,31,32)(H4,24,25,26)/t15-,16-,17-/m0/s1. The van der Waals surface area contributed by atoms with Crippen LogP contribution >= 0.6 is 0 Å². The summed E-state index contributed by atoms with van der Waals surface area (Å²) >= 11 is 0. The third-order valence-corrected chi connectivity index (χ3v) is 5.79. The molecule has 0 aromatic heterocycles. The highest BCUT2D eigenvalue weighted by Gasteiger charge is 2.30. The molecule has 11 heteroatoms. The van der Waals surface area contributed by atoms with Crippen LogP contribution in [0.2, 0.25) is 0 Å². The number of aliphatic carboxylic acids is 1. The molecule has 11 N–H and O–H groups in total. The van der Waals surface area contributed by atoms with E-state index in [9.17, 15) is 19.5 Å². The summed E-state index contributed by atoms with van der Waals surface area (Å²) in [5.74, 6) is -1.75. The Morgan fingerprint density at radius 1 is 0.938 bits per heavy atom. The van der Waals surface area contributed by atoms with Gasteiger partial charge in [-0.2, -0.15) is 0 Å². The Bertz CT molecular complexity index is 619. The van der Waals surface area contributed by atoms with Crippen molar-refractivity contribution >= 4 is 23.7 Å². The number of carboxylic acids is 1. The summed E-state index contributed by atoms with van der Waals surface area (Å²) in [6.45, 7) is 0.820. The number of carbonyl (C=O) groups excluding carboxylic acids is 2. The molecule has 32 heavy (non-hydrogen) atoms. The average Bonchev–Trinajstić information content (AvgIpc) is 2.75. The van der Waals surface area contributed by atoms with Gasteiger partial charge in [0.05, 0.1) is 6.04 Å². The first-order chi connectivity index (χ1) is 15.2. The van der Waals surface area contributed by atoms with Gasteiger partial charge in [0.2, 0.25) is 11.8 Å². The molecule has 1 saturated carbocycles. The summed E-state index contributed by atoms with van der Waals surface area (Å²) in [6, 6.07) is -2.66. The van der Waals surface area contributed by atoms with E-state index in [2.05, 4.69) is 15.6 Å². The Hall–Kier alpha value is -2.40. The third-order valence-electron chi connectivity index (χ3n) is 5.79. The zero-order chi connectivity index (χ0) is 23.9. The molecule has 1 fully saturated rings. The van der Waals surface area contributed by atoms with Crippen LogP contribution in [-0.4, -0.2) is 60.1 Å². The molecular formula is C21H41N7O4. The quantitative estimate of drug-likeness (QED) is 0.0970. The Balaban J connectivity index is 2.75. The van der Waals surface area contributed by atoms with Gasteiger partial charge in [-0.3, -0.25) is 14.6 Å². The van der Waals surface area contributed by atoms with Crippen LogP contribution in [0.15, 0.2) is 4.99 Å². The predicted molar refractivity (Wildman–Crippen MR) is 123 cm³/mol. The molecule has 1 aliphatic carbocycles. The zero-order valence-corrected chi connectivity index (χ0v) is 18.9. The van der Waals surface area contributed by atoms with Gasteiger partial charge in [0.15, 0.2) is 5.96 Å². The largest absolute Gasteiger partial charge is 0.480 e. The number of nitrogens with one attached hydrogen (secondary N) is 2. The number of carbonyl (C=O) groups is 3. The van der Waals surface area contributed by atoms with Crippen molar-refractivity contribution in [1.82, 2.24) is 10.6 Å². The summed E-state index contributed by atoms with van der Waals surface area (Å²) in [5, 5.41) is 14.8. The van der Waals surface area contributed by atoms with Crippen molar-refractivity contribution in [1.29, 1.82) is 0 Å². The summed E-state index contributed by atoms with van der Waals surface area (Å²) < 4.78 is 0. The maximum Gasteiger partial charge on any atom is 0.326 e. The van der Waals surface area contributed by atoms with Gasteiger partial charge in [-0.15, -0.1) is 0 Å². The molecule has 1 rings (SSSR count). The van der Waals surface area contributed by atoms with Crippen LogP contribution in [0.4, 0.5) is 0 Å². The maximum absolute atomic E-state index is 13.0. The number of aliphatic imine (C=N–C) groups is 1. The van der Waals surface area contributed by atoms with E-state index < -0.39 is 35.9 Å². The van der Waals surface area contributed by atoms with Crippen LogP contribution < -0.4 is 33.6 Å². The smallest absolute Gasteiger partial charge is 0.326 e. The number of rotatable bonds is 15. The van der Waals surface area contributed by atoms with Crippen LogP contribution in [0.3, 0.4) is 0 Å². The van der Waals surface area contributed by atoms with Crippen molar-refractivity contribution in [2.24, 2.45) is 33.8 Å². The fourth-order valence-electron chi connectivity index (χ4n) is 3.94. The highest BCUT2D eigenvalue weighted by atomic mass is 16.4. The number of hydrogen-bond acceptors (Lipinski definition) is 6. The lowest BCUT2D eigenvalue weighted by atomic mass is 9.84. The molecule has 184 valence electrons. The summed E-state index contributed by atoms with van der Waals surface area (Å²) in [6.07, 6.45) is 8.23. The van der Waals surface area contributed by atoms with Crippen molar-refractivity contribution in [2.75, 3.05) is 13.1 Å². The minimum atomic E-state index is -1.10. The van der Waals surface area contributed by atoms with Gasteiger partial charge in [-0.1, -0.05) is 32.1 Å². The van der Waals surface area contributed by atoms with Crippen LogP contribution in [0.1, 0.15) is 70.6 Å². The number of hydrogen-bond donors (Lipinski definition) is 7. The molecular weight excluding hydrogens is 414 g/mol. The SMILES string of the molecule is NCCCC[C@H](NC(=O)[C@H](CC1CCCCC1)NC(=O)[C@@H](N)CCCN=C(N)N)C(=O)O. The van der Waals surface area contributed by atoms with E-state index >= 15 is 0 Å². The van der Waals surface area contributed by atoms with E-state index in [-0.39, 0.29) is 12.4 Å². The zero-order valence-electron chi connectivity index (χ0n) is 18.9. The normalized spacial score (nSPS) is 17.1. The number of unbranched alkanes of at least 4 members (excludes halogenated alkanes) is 1. The molecule has 0 radical (unpaired) electrons. The van der Waals surface area contributed by atoms with Crippen molar-refractivity contribution in [3.63, 3.8) is 0 Å². The highest BCUT2D eigenvalue weighted by molar-refractivity contribution is 5.91. The first kappa shape index (κ1) is 27.6. The molecule has 0 spiro atoms. The van der Waals surface area contributed by atoms with Crippen LogP contribution in [0.5, 0.6) is 0 Å². The van der Waals surface area contributed by atoms with Gasteiger partial charge in [0, 0.05) is 6.54 Å². The van der Waals surface area contributed by atoms with Crippen molar-refractivity contribution in [3.05, 3.63) is 0 Å². The second kappa shape index (κ2) is 15.4. The molecule has 11 nitrogen and oxygen atoms in total. The Morgan fingerprint density at radius 2 is 1.59 bits per heavy atom. The molecule has 3 atom stereocenters. The molecule has 2 amide bonds. The molecule has 0 aromatic rings. The van der Waals surface area contributed by atoms with Gasteiger partial charge in [-0.25, -0.2) is 4.79 Å². The van der Waals surface area contributed by atoms with Crippen LogP contribution in [0, 0.1) is 5.92 Å². The highest BCUT2D eigenvalue weighted by Crippen LogP contribution is 2.27. The van der Waals surface area contributed by atoms with E-state index in [1.807, 2.05) is 0 Å². The molecule has 0 unspecified atom stereocenters. The molecule has 1 aliphatic rings. The second-order valence-corrected chi connectivity index (χ2v) is 8.54. The summed E-state index contributed by atoms with van der Waals surface area (Å²) in [7, 11) is 0. The van der Waals surface area contributed by atoms with Gasteiger partial charge in [-0.05, 0) is 51.0 Å². The van der Waals surface area contributed by atoms with Gasteiger partial charge < -0.3 is 38.7 Å². The van der Waals surface area contributed by atoms with Crippen LogP contribution in [0.25, 0.3) is 0 Å². The molecule has 0 aliphatic heterocycles. The van der Waals surface area contributed by atoms with Crippen molar-refractivity contribution in [2.45, 2.75) is 88.8 Å². The van der Waals surface area contributed by atoms with Crippen LogP contribution in [-0.2, 0) is 14.4 Å². The molecule has 0 heterocycles. The topological polar surface area (TPSA) is 212 Å². The summed E-state index contributed by atoms with van der Waals surface area (Å²) in [4.78, 5) is 41.0. The molecule has 0 aromatic carbocycles. The van der Waals surface area contributed by atoms with Crippen molar-refractivity contribution < 1.29 is 19.5 Å². The minimum Gasteiger partial charge on any atom is -0.480 e. The number of nitrogens with two attached hydrogens (primary N) is 4. The molecule has 0 bridgehead atoms. The number of amides is 2. The van der Waals surface area contributed by atoms with E-state index in [1.165, 1.54) is 6.42 Å². The lowest BCUT2D eigenvalue weighted by molar-refractivity contribution is -0.142. The third kappa shape index (κ3) is 11.3. The monoisotopic (exact) mass is 455 g/mol. The average molecular weight is 456 g/mol. The Labute approximate surface area is 190 Å². The maximum atomic E-state index is 13.0.